The highest BCUT2D eigenvalue weighted by atomic mass is 35.5. The van der Waals surface area contributed by atoms with Crippen LogP contribution in [0, 0.1) is 17.6 Å². The Morgan fingerprint density at radius 2 is 1.79 bits per heavy atom. The predicted octanol–water partition coefficient (Wildman–Crippen LogP) is 6.53. The molecule has 0 N–H and O–H groups in total. The molecule has 156 valence electrons. The monoisotopic (exact) mass is 437 g/mol. The van der Waals surface area contributed by atoms with Crippen molar-refractivity contribution in [2.45, 2.75) is 29.4 Å². The van der Waals surface area contributed by atoms with Gasteiger partial charge in [0.1, 0.15) is 5.82 Å². The van der Waals surface area contributed by atoms with Crippen LogP contribution >= 0.6 is 23.4 Å². The van der Waals surface area contributed by atoms with Gasteiger partial charge in [-0.1, -0.05) is 30.7 Å². The van der Waals surface area contributed by atoms with Crippen molar-refractivity contribution in [2.75, 3.05) is 27.2 Å². The molecule has 4 rings (SSSR count). The van der Waals surface area contributed by atoms with E-state index in [0.717, 1.165) is 29.5 Å². The van der Waals surface area contributed by atoms with Crippen LogP contribution in [0.3, 0.4) is 0 Å². The summed E-state index contributed by atoms with van der Waals surface area (Å²) in [6.45, 7) is 7.73. The number of nitrogens with zero attached hydrogens (tertiary/aromatic N) is 1. The number of ether oxygens (including phenoxy) is 1. The van der Waals surface area contributed by atoms with E-state index in [-0.39, 0.29) is 11.7 Å². The molecule has 2 atom stereocenters. The quantitative estimate of drug-likeness (QED) is 0.506. The van der Waals surface area contributed by atoms with Crippen LogP contribution in [0.5, 0.6) is 5.75 Å². The third-order valence-corrected chi connectivity index (χ3v) is 7.17. The SMILES string of the molecule is C=C1CC2COc3c(F)ccc(F)c3[C@]2(Sc2ccc(Cl)cc2)C1.CCN(C)C. The van der Waals surface area contributed by atoms with Crippen LogP contribution in [0.2, 0.25) is 5.02 Å². The fourth-order valence-electron chi connectivity index (χ4n) is 3.72. The van der Waals surface area contributed by atoms with Gasteiger partial charge in [0, 0.05) is 15.8 Å². The highest BCUT2D eigenvalue weighted by Gasteiger charge is 2.53. The number of fused-ring (bicyclic) bond motifs is 3. The standard InChI is InChI=1S/C19H15ClF2OS.C4H11N/c1-11-8-12-10-23-18-16(22)7-6-15(21)17(18)19(12,9-11)24-14-4-2-13(20)3-5-14;1-4-5(2)3/h2-7,12H,1,8-10H2;4H2,1-3H3/t12?,19-;/m0./s1. The molecule has 29 heavy (non-hydrogen) atoms. The van der Waals surface area contributed by atoms with Gasteiger partial charge in [0.2, 0.25) is 0 Å². The molecule has 2 aromatic rings. The van der Waals surface area contributed by atoms with Crippen molar-refractivity contribution in [1.82, 2.24) is 4.90 Å². The summed E-state index contributed by atoms with van der Waals surface area (Å²) >= 11 is 7.52. The first kappa shape index (κ1) is 22.1. The van der Waals surface area contributed by atoms with Crippen LogP contribution in [0.4, 0.5) is 8.78 Å². The van der Waals surface area contributed by atoms with Gasteiger partial charge in [0.05, 0.1) is 16.9 Å². The summed E-state index contributed by atoms with van der Waals surface area (Å²) in [6, 6.07) is 9.74. The summed E-state index contributed by atoms with van der Waals surface area (Å²) in [4.78, 5) is 3.09. The van der Waals surface area contributed by atoms with E-state index in [1.165, 1.54) is 6.07 Å². The molecule has 1 unspecified atom stereocenters. The third kappa shape index (κ3) is 4.62. The van der Waals surface area contributed by atoms with Crippen molar-refractivity contribution in [1.29, 1.82) is 0 Å². The Kier molecular flexibility index (Phi) is 6.92. The lowest BCUT2D eigenvalue weighted by Gasteiger charge is -2.40. The molecule has 0 radical (unpaired) electrons. The minimum absolute atomic E-state index is 0.0439. The lowest BCUT2D eigenvalue weighted by atomic mass is 9.85. The highest BCUT2D eigenvalue weighted by Crippen LogP contribution is 2.62. The fourth-order valence-corrected chi connectivity index (χ4v) is 5.43. The van der Waals surface area contributed by atoms with Crippen molar-refractivity contribution in [3.05, 3.63) is 70.8 Å². The number of benzene rings is 2. The van der Waals surface area contributed by atoms with Crippen LogP contribution in [0.1, 0.15) is 25.3 Å². The molecule has 0 saturated heterocycles. The number of hydrogen-bond acceptors (Lipinski definition) is 3. The van der Waals surface area contributed by atoms with Crippen LogP contribution in [0.25, 0.3) is 0 Å². The van der Waals surface area contributed by atoms with E-state index in [1.54, 1.807) is 11.8 Å². The molecule has 0 aromatic heterocycles. The summed E-state index contributed by atoms with van der Waals surface area (Å²) in [6.07, 6.45) is 1.37. The number of halogens is 3. The molecule has 6 heteroatoms. The van der Waals surface area contributed by atoms with Gasteiger partial charge in [0.25, 0.3) is 0 Å². The summed E-state index contributed by atoms with van der Waals surface area (Å²) < 4.78 is 33.9. The number of allylic oxidation sites excluding steroid dienone is 1. The largest absolute Gasteiger partial charge is 0.490 e. The lowest BCUT2D eigenvalue weighted by Crippen LogP contribution is -2.37. The average Bonchev–Trinajstić information content (AvgIpc) is 3.02. The van der Waals surface area contributed by atoms with Gasteiger partial charge in [0.15, 0.2) is 11.6 Å². The Bertz CT molecular complexity index is 887. The first-order chi connectivity index (χ1) is 13.8. The molecule has 2 aromatic carbocycles. The van der Waals surface area contributed by atoms with Gasteiger partial charge < -0.3 is 9.64 Å². The smallest absolute Gasteiger partial charge is 0.165 e. The molecule has 2 aliphatic rings. The summed E-state index contributed by atoms with van der Waals surface area (Å²) in [7, 11) is 4.11. The van der Waals surface area contributed by atoms with E-state index in [0.29, 0.717) is 23.6 Å². The molecule has 2 nitrogen and oxygen atoms in total. The molecule has 0 amide bonds. The van der Waals surface area contributed by atoms with Gasteiger partial charge in [-0.15, -0.1) is 11.8 Å². The molecule has 1 aliphatic carbocycles. The van der Waals surface area contributed by atoms with Gasteiger partial charge in [-0.25, -0.2) is 8.78 Å². The second kappa shape index (κ2) is 9.07. The molecule has 1 saturated carbocycles. The second-order valence-corrected chi connectivity index (χ2v) is 9.55. The van der Waals surface area contributed by atoms with Crippen molar-refractivity contribution in [2.24, 2.45) is 5.92 Å². The normalized spacial score (nSPS) is 22.4. The van der Waals surface area contributed by atoms with E-state index in [9.17, 15) is 8.78 Å². The minimum atomic E-state index is -0.593. The van der Waals surface area contributed by atoms with Crippen molar-refractivity contribution in [3.8, 4) is 5.75 Å². The van der Waals surface area contributed by atoms with Crippen LogP contribution in [-0.2, 0) is 4.75 Å². The molecule has 0 bridgehead atoms. The zero-order valence-electron chi connectivity index (χ0n) is 17.0. The zero-order chi connectivity index (χ0) is 21.2. The Morgan fingerprint density at radius 3 is 2.41 bits per heavy atom. The molecule has 1 aliphatic heterocycles. The van der Waals surface area contributed by atoms with E-state index in [1.807, 2.05) is 24.3 Å². The Hall–Kier alpha value is -1.56. The molecule has 1 fully saturated rings. The van der Waals surface area contributed by atoms with Gasteiger partial charge in [-0.3, -0.25) is 0 Å². The first-order valence-electron chi connectivity index (χ1n) is 9.64. The maximum absolute atomic E-state index is 14.7. The van der Waals surface area contributed by atoms with Gasteiger partial charge in [-0.05, 0) is 69.9 Å². The van der Waals surface area contributed by atoms with Crippen LogP contribution < -0.4 is 4.74 Å². The number of rotatable bonds is 3. The molecule has 0 spiro atoms. The predicted molar refractivity (Wildman–Crippen MR) is 117 cm³/mol. The lowest BCUT2D eigenvalue weighted by molar-refractivity contribution is 0.184. The van der Waals surface area contributed by atoms with Crippen molar-refractivity contribution >= 4 is 23.4 Å². The van der Waals surface area contributed by atoms with Crippen LogP contribution in [-0.4, -0.2) is 32.1 Å². The van der Waals surface area contributed by atoms with Crippen LogP contribution in [0.15, 0.2) is 53.4 Å². The summed E-state index contributed by atoms with van der Waals surface area (Å²) in [5, 5.41) is 0.647. The molecular weight excluding hydrogens is 412 g/mol. The average molecular weight is 438 g/mol. The van der Waals surface area contributed by atoms with E-state index in [2.05, 4.69) is 32.5 Å². The Labute approximate surface area is 180 Å². The Morgan fingerprint density at radius 1 is 1.17 bits per heavy atom. The third-order valence-electron chi connectivity index (χ3n) is 5.36. The van der Waals surface area contributed by atoms with E-state index in [4.69, 9.17) is 16.3 Å². The number of hydrogen-bond donors (Lipinski definition) is 0. The zero-order valence-corrected chi connectivity index (χ0v) is 18.5. The topological polar surface area (TPSA) is 12.5 Å². The maximum Gasteiger partial charge on any atom is 0.165 e. The fraction of sp³-hybridized carbons (Fsp3) is 0.391. The highest BCUT2D eigenvalue weighted by molar-refractivity contribution is 8.00. The van der Waals surface area contributed by atoms with Gasteiger partial charge in [-0.2, -0.15) is 0 Å². The Balaban J connectivity index is 0.000000431. The first-order valence-corrected chi connectivity index (χ1v) is 10.8. The number of thioether (sulfide) groups is 1. The molecular formula is C23H26ClF2NOS. The van der Waals surface area contributed by atoms with Crippen molar-refractivity contribution < 1.29 is 13.5 Å². The van der Waals surface area contributed by atoms with Crippen molar-refractivity contribution in [3.63, 3.8) is 0 Å². The van der Waals surface area contributed by atoms with E-state index < -0.39 is 16.4 Å². The van der Waals surface area contributed by atoms with Gasteiger partial charge >= 0.3 is 0 Å². The maximum atomic E-state index is 14.7. The second-order valence-electron chi connectivity index (χ2n) is 7.71. The minimum Gasteiger partial charge on any atom is -0.490 e. The van der Waals surface area contributed by atoms with E-state index >= 15 is 0 Å². The molecule has 1 heterocycles. The summed E-state index contributed by atoms with van der Waals surface area (Å²) in [5.41, 5.74) is 1.37. The summed E-state index contributed by atoms with van der Waals surface area (Å²) in [5.74, 6) is -0.831.